The van der Waals surface area contributed by atoms with E-state index in [9.17, 15) is 4.79 Å². The Morgan fingerprint density at radius 3 is 1.76 bits per heavy atom. The molecule has 1 amide bonds. The summed E-state index contributed by atoms with van der Waals surface area (Å²) in [5.41, 5.74) is 3.12. The third kappa shape index (κ3) is 20.1. The van der Waals surface area contributed by atoms with Gasteiger partial charge in [0, 0.05) is 39.1 Å². The summed E-state index contributed by atoms with van der Waals surface area (Å²) in [6.45, 7) is 33.4. The van der Waals surface area contributed by atoms with Gasteiger partial charge in [0.15, 0.2) is 0 Å². The smallest absolute Gasteiger partial charge is 0.251 e. The number of aromatic nitrogens is 6. The second kappa shape index (κ2) is 35.6. The first-order valence-corrected chi connectivity index (χ1v) is 11.1. The molecule has 0 saturated heterocycles. The summed E-state index contributed by atoms with van der Waals surface area (Å²) < 4.78 is 48.3. The second-order valence-electron chi connectivity index (χ2n) is 7.02. The quantitative estimate of drug-likeness (QED) is 0.205. The topological polar surface area (TPSA) is 210 Å². The van der Waals surface area contributed by atoms with Crippen molar-refractivity contribution in [3.05, 3.63) is 148 Å². The minimum absolute atomic E-state index is 0. The van der Waals surface area contributed by atoms with E-state index >= 15 is 0 Å². The van der Waals surface area contributed by atoms with E-state index in [4.69, 9.17) is 34.5 Å². The van der Waals surface area contributed by atoms with Gasteiger partial charge in [0.05, 0.1) is 31.5 Å². The van der Waals surface area contributed by atoms with Crippen molar-refractivity contribution < 1.29 is 66.3 Å². The summed E-state index contributed by atoms with van der Waals surface area (Å²) in [4.78, 5) is 12.1. The molecule has 14 nitrogen and oxygen atoms in total. The monoisotopic (exact) mass is 697 g/mol. The molecule has 4 rings (SSSR count). The van der Waals surface area contributed by atoms with Gasteiger partial charge in [-0.05, 0) is 30.2 Å². The van der Waals surface area contributed by atoms with Crippen LogP contribution in [0.1, 0.15) is 33.4 Å². The predicted molar refractivity (Wildman–Crippen MR) is 137 cm³/mol. The molecule has 16 heteroatoms. The van der Waals surface area contributed by atoms with Gasteiger partial charge >= 0.3 is 67.8 Å². The van der Waals surface area contributed by atoms with E-state index in [0.29, 0.717) is 24.2 Å². The van der Waals surface area contributed by atoms with Crippen molar-refractivity contribution in [1.29, 1.82) is 0 Å². The summed E-state index contributed by atoms with van der Waals surface area (Å²) >= 11 is 0. The molecule has 45 heavy (non-hydrogen) atoms. The van der Waals surface area contributed by atoms with E-state index in [1.54, 1.807) is 27.7 Å². The van der Waals surface area contributed by atoms with E-state index < -0.39 is 0 Å². The first-order chi connectivity index (χ1) is 21.2. The Labute approximate surface area is 280 Å². The molecule has 0 aliphatic heterocycles. The summed E-state index contributed by atoms with van der Waals surface area (Å²) in [6, 6.07) is 18.8. The molecule has 1 atom stereocenters. The van der Waals surface area contributed by atoms with Gasteiger partial charge in [-0.15, -0.1) is 10.2 Å². The Balaban J connectivity index is -0.000000342. The third-order valence-corrected chi connectivity index (χ3v) is 4.72. The molecule has 0 aliphatic rings. The van der Waals surface area contributed by atoms with Crippen LogP contribution >= 0.6 is 0 Å². The number of amides is 1. The van der Waals surface area contributed by atoms with Gasteiger partial charge in [-0.1, -0.05) is 65.5 Å². The van der Waals surface area contributed by atoms with Crippen LogP contribution in [-0.2, 0) is 81.0 Å². The number of hydrogen-bond acceptors (Lipinski definition) is 5. The van der Waals surface area contributed by atoms with Crippen LogP contribution in [0.25, 0.3) is 0 Å². The number of carbonyl (C=O) groups is 1. The Hall–Kier alpha value is -4.62. The fraction of sp³-hybridized carbons (Fsp3) is 0.138. The molecule has 4 aromatic rings. The number of hydrogen-bond donors (Lipinski definition) is 1. The number of carbonyl (C=O) groups excluding carboxylic acids is 1. The normalized spacial score (nSPS) is 8.36. The first-order valence-electron chi connectivity index (χ1n) is 11.1. The number of benzene rings is 2. The van der Waals surface area contributed by atoms with Crippen LogP contribution in [0.15, 0.2) is 73.1 Å². The molecular weight excluding hydrogens is 676 g/mol. The van der Waals surface area contributed by atoms with E-state index in [1.807, 2.05) is 54.7 Å². The Morgan fingerprint density at radius 1 is 0.756 bits per heavy atom. The van der Waals surface area contributed by atoms with E-state index in [1.165, 1.54) is 0 Å². The molecule has 0 saturated carbocycles. The Morgan fingerprint density at radius 2 is 1.24 bits per heavy atom. The van der Waals surface area contributed by atoms with Crippen LogP contribution in [0.3, 0.4) is 0 Å². The van der Waals surface area contributed by atoms with Crippen LogP contribution in [0.4, 0.5) is 0 Å². The Kier molecular flexibility index (Phi) is 39.6. The molecule has 0 bridgehead atoms. The number of rotatable bonds is 9. The van der Waals surface area contributed by atoms with Crippen LogP contribution in [-0.4, -0.2) is 35.9 Å². The zero-order valence-corrected chi connectivity index (χ0v) is 25.0. The van der Waals surface area contributed by atoms with Crippen molar-refractivity contribution in [2.45, 2.75) is 25.6 Å². The SMILES string of the molecule is [C-]#[O+].[C-]#[O+].[C-]#[O+].[C-]#[O+].[C-]#[O+].[C-]#[O+].[CH]=[C]C(Cc1ccccc1)n1cc(Cn2cc(CNC(=O)c3ccccc3)nn2)nn1.[Co].[Co]. The molecule has 0 fully saturated rings. The molecule has 232 valence electrons. The zero-order chi connectivity index (χ0) is 33.5. The maximum absolute atomic E-state index is 12.1. The molecule has 1 N–H and O–H groups in total. The van der Waals surface area contributed by atoms with Crippen LogP contribution in [0.2, 0.25) is 0 Å². The van der Waals surface area contributed by atoms with Crippen molar-refractivity contribution in [1.82, 2.24) is 35.3 Å². The minimum Gasteiger partial charge on any atom is -0.346 e. The molecule has 0 aliphatic carbocycles. The summed E-state index contributed by atoms with van der Waals surface area (Å²) in [6.07, 6.45) is 7.05. The number of nitrogens with zero attached hydrogens (tertiary/aromatic N) is 6. The average Bonchev–Trinajstić information content (AvgIpc) is 3.78. The summed E-state index contributed by atoms with van der Waals surface area (Å²) in [5.74, 6) is -0.156. The van der Waals surface area contributed by atoms with Gasteiger partial charge in [-0.25, -0.2) is 9.36 Å². The molecule has 2 aromatic heterocycles. The second-order valence-corrected chi connectivity index (χ2v) is 7.02. The fourth-order valence-electron chi connectivity index (χ4n) is 3.13. The first kappa shape index (κ1) is 50.0. The summed E-state index contributed by atoms with van der Waals surface area (Å²) in [7, 11) is 0. The van der Waals surface area contributed by atoms with E-state index in [-0.39, 0.29) is 52.1 Å². The summed E-state index contributed by atoms with van der Waals surface area (Å²) in [5, 5.41) is 19.4. The zero-order valence-electron chi connectivity index (χ0n) is 22.9. The third-order valence-electron chi connectivity index (χ3n) is 4.72. The van der Waals surface area contributed by atoms with Crippen LogP contribution in [0.5, 0.6) is 0 Å². The average molecular weight is 697 g/mol. The van der Waals surface area contributed by atoms with Gasteiger partial charge in [-0.3, -0.25) is 4.79 Å². The van der Waals surface area contributed by atoms with Crippen molar-refractivity contribution in [2.24, 2.45) is 0 Å². The van der Waals surface area contributed by atoms with E-state index in [0.717, 1.165) is 11.3 Å². The van der Waals surface area contributed by atoms with Crippen molar-refractivity contribution in [2.75, 3.05) is 0 Å². The molecule has 2 heterocycles. The van der Waals surface area contributed by atoms with Crippen LogP contribution in [0, 0.1) is 52.6 Å². The maximum atomic E-state index is 12.1. The minimum atomic E-state index is -0.219. The van der Waals surface area contributed by atoms with Crippen molar-refractivity contribution in [3.63, 3.8) is 0 Å². The Bertz CT molecular complexity index is 1390. The van der Waals surface area contributed by atoms with Gasteiger partial charge in [-0.2, -0.15) is 0 Å². The number of nitrogens with one attached hydrogen (secondary N) is 1. The van der Waals surface area contributed by atoms with Gasteiger partial charge in [0.1, 0.15) is 11.4 Å². The molecular formula is C29H21Co2N7O7. The van der Waals surface area contributed by atoms with Gasteiger partial charge in [0.25, 0.3) is 5.91 Å². The molecule has 0 spiro atoms. The van der Waals surface area contributed by atoms with Gasteiger partial charge < -0.3 is 5.32 Å². The number of allylic oxidation sites excluding steroid dienone is 1. The molecule has 1 unspecified atom stereocenters. The molecule has 2 aromatic carbocycles. The van der Waals surface area contributed by atoms with Crippen molar-refractivity contribution >= 4 is 5.91 Å². The van der Waals surface area contributed by atoms with E-state index in [2.05, 4.69) is 71.9 Å². The van der Waals surface area contributed by atoms with Crippen LogP contribution < -0.4 is 5.32 Å². The fourth-order valence-corrected chi connectivity index (χ4v) is 3.13. The standard InChI is InChI=1S/C23H21N7O.6CO.2Co/c1-2-22(13-18-9-5-3-6-10-18)30-17-21(26-28-30)16-29-15-20(25-27-29)14-24-23(31)19-11-7-4-8-12-19;6*1-2;;/h1,3-12,15,17,22H,13-14,16H2,(H,24,31);;;;;;;;. The van der Waals surface area contributed by atoms with Gasteiger partial charge in [0.2, 0.25) is 0 Å². The largest absolute Gasteiger partial charge is 0.346 e. The predicted octanol–water partition coefficient (Wildman–Crippen LogP) is 2.19. The molecule has 4 radical (unpaired) electrons. The maximum Gasteiger partial charge on any atom is 0.251 e. The van der Waals surface area contributed by atoms with Crippen molar-refractivity contribution in [3.8, 4) is 0 Å².